The van der Waals surface area contributed by atoms with Gasteiger partial charge in [-0.2, -0.15) is 4.98 Å². The van der Waals surface area contributed by atoms with Crippen molar-refractivity contribution >= 4 is 50.0 Å². The van der Waals surface area contributed by atoms with E-state index in [9.17, 15) is 8.42 Å². The Morgan fingerprint density at radius 3 is 2.44 bits per heavy atom. The number of rotatable bonds is 3. The summed E-state index contributed by atoms with van der Waals surface area (Å²) in [5.41, 5.74) is 0. The summed E-state index contributed by atoms with van der Waals surface area (Å²) in [7, 11) is -3.65. The van der Waals surface area contributed by atoms with Crippen molar-refractivity contribution < 1.29 is 8.42 Å². The number of nitrogens with one attached hydrogen (secondary N) is 1. The predicted molar refractivity (Wildman–Crippen MR) is 77.0 cm³/mol. The van der Waals surface area contributed by atoms with Gasteiger partial charge in [0.15, 0.2) is 0 Å². The Balaban J connectivity index is 2.30. The fourth-order valence-electron chi connectivity index (χ4n) is 1.20. The first-order chi connectivity index (χ1) is 8.47. The summed E-state index contributed by atoms with van der Waals surface area (Å²) in [6.45, 7) is 0. The van der Waals surface area contributed by atoms with Crippen LogP contribution in [0.1, 0.15) is 0 Å². The molecule has 0 fully saturated rings. The molecule has 0 aliphatic heterocycles. The largest absolute Gasteiger partial charge is 0.263 e. The first-order valence-corrected chi connectivity index (χ1v) is 7.68. The lowest BCUT2D eigenvalue weighted by Crippen LogP contribution is -2.14. The van der Waals surface area contributed by atoms with Crippen molar-refractivity contribution in [2.24, 2.45) is 0 Å². The van der Waals surface area contributed by atoms with Crippen LogP contribution in [0.4, 0.5) is 5.82 Å². The molecule has 0 aliphatic carbocycles. The fourth-order valence-corrected chi connectivity index (χ4v) is 2.71. The average Bonchev–Trinajstić information content (AvgIpc) is 2.29. The van der Waals surface area contributed by atoms with Gasteiger partial charge in [0, 0.05) is 9.77 Å². The van der Waals surface area contributed by atoms with Crippen LogP contribution >= 0.6 is 34.2 Å². The summed E-state index contributed by atoms with van der Waals surface area (Å²) in [6, 6.07) is 7.89. The van der Waals surface area contributed by atoms with Crippen molar-refractivity contribution in [3.05, 3.63) is 45.4 Å². The van der Waals surface area contributed by atoms with Gasteiger partial charge in [-0.25, -0.2) is 13.4 Å². The van der Waals surface area contributed by atoms with Gasteiger partial charge in [0.05, 0.1) is 4.90 Å². The summed E-state index contributed by atoms with van der Waals surface area (Å²) in [5, 5.41) is -0.0159. The molecule has 1 N–H and O–H groups in total. The van der Waals surface area contributed by atoms with Crippen LogP contribution in [0.5, 0.6) is 0 Å². The molecule has 0 spiro atoms. The summed E-state index contributed by atoms with van der Waals surface area (Å²) >= 11 is 7.68. The van der Waals surface area contributed by atoms with Gasteiger partial charge in [-0.05, 0) is 64.5 Å². The van der Waals surface area contributed by atoms with E-state index in [0.717, 1.165) is 3.57 Å². The highest BCUT2D eigenvalue weighted by Gasteiger charge is 2.14. The Hall–Kier alpha value is -0.930. The van der Waals surface area contributed by atoms with Gasteiger partial charge in [-0.3, -0.25) is 4.72 Å². The first kappa shape index (κ1) is 13.5. The molecule has 0 radical (unpaired) electrons. The van der Waals surface area contributed by atoms with Crippen LogP contribution in [-0.2, 0) is 10.0 Å². The van der Waals surface area contributed by atoms with Crippen LogP contribution in [0, 0.1) is 3.57 Å². The molecule has 0 saturated heterocycles. The van der Waals surface area contributed by atoms with E-state index in [0.29, 0.717) is 0 Å². The number of sulfonamides is 1. The minimum absolute atomic E-state index is 0.0159. The minimum atomic E-state index is -3.65. The lowest BCUT2D eigenvalue weighted by atomic mass is 10.4. The van der Waals surface area contributed by atoms with E-state index in [1.807, 2.05) is 0 Å². The van der Waals surface area contributed by atoms with E-state index >= 15 is 0 Å². The second-order valence-corrected chi connectivity index (χ2v) is 6.54. The van der Waals surface area contributed by atoms with Crippen LogP contribution in [-0.4, -0.2) is 18.4 Å². The Labute approximate surface area is 123 Å². The van der Waals surface area contributed by atoms with E-state index in [2.05, 4.69) is 37.3 Å². The summed E-state index contributed by atoms with van der Waals surface area (Å²) in [5.74, 6) is 0.133. The number of anilines is 1. The molecule has 1 heterocycles. The molecule has 8 heteroatoms. The SMILES string of the molecule is O=S(=O)(Nc1ccnc(Cl)n1)c1ccc(I)cc1. The van der Waals surface area contributed by atoms with Crippen molar-refractivity contribution in [3.63, 3.8) is 0 Å². The number of halogens is 2. The van der Waals surface area contributed by atoms with Crippen LogP contribution in [0.15, 0.2) is 41.4 Å². The van der Waals surface area contributed by atoms with E-state index in [1.54, 1.807) is 12.1 Å². The predicted octanol–water partition coefficient (Wildman–Crippen LogP) is 2.54. The third-order valence-corrected chi connectivity index (χ3v) is 4.26. The van der Waals surface area contributed by atoms with Gasteiger partial charge in [-0.15, -0.1) is 0 Å². The van der Waals surface area contributed by atoms with Gasteiger partial charge < -0.3 is 0 Å². The molecule has 1 aromatic heterocycles. The molecule has 0 unspecified atom stereocenters. The van der Waals surface area contributed by atoms with Crippen LogP contribution < -0.4 is 4.72 Å². The molecule has 0 atom stereocenters. The normalized spacial score (nSPS) is 11.2. The highest BCUT2D eigenvalue weighted by Crippen LogP contribution is 2.16. The van der Waals surface area contributed by atoms with Crippen LogP contribution in [0.2, 0.25) is 5.28 Å². The topological polar surface area (TPSA) is 72.0 Å². The molecular weight excluding hydrogens is 389 g/mol. The van der Waals surface area contributed by atoms with Crippen molar-refractivity contribution in [3.8, 4) is 0 Å². The van der Waals surface area contributed by atoms with Crippen LogP contribution in [0.3, 0.4) is 0 Å². The second kappa shape index (κ2) is 5.37. The summed E-state index contributed by atoms with van der Waals surface area (Å²) in [6.07, 6.45) is 1.38. The number of hydrogen-bond acceptors (Lipinski definition) is 4. The Morgan fingerprint density at radius 1 is 1.17 bits per heavy atom. The molecule has 0 aliphatic rings. The standard InChI is InChI=1S/C10H7ClIN3O2S/c11-10-13-6-5-9(14-10)15-18(16,17)8-3-1-7(12)2-4-8/h1-6H,(H,13,14,15). The zero-order valence-electron chi connectivity index (χ0n) is 8.84. The lowest BCUT2D eigenvalue weighted by molar-refractivity contribution is 0.601. The molecule has 18 heavy (non-hydrogen) atoms. The fraction of sp³-hybridized carbons (Fsp3) is 0. The Kier molecular flexibility index (Phi) is 4.03. The van der Waals surface area contributed by atoms with Gasteiger partial charge in [-0.1, -0.05) is 0 Å². The van der Waals surface area contributed by atoms with Crippen molar-refractivity contribution in [2.75, 3.05) is 4.72 Å². The number of benzene rings is 1. The zero-order valence-corrected chi connectivity index (χ0v) is 12.6. The quantitative estimate of drug-likeness (QED) is 0.640. The molecule has 2 aromatic rings. The number of nitrogens with zero attached hydrogens (tertiary/aromatic N) is 2. The lowest BCUT2D eigenvalue weighted by Gasteiger charge is -2.07. The van der Waals surface area contributed by atoms with Crippen molar-refractivity contribution in [1.82, 2.24) is 9.97 Å². The third-order valence-electron chi connectivity index (χ3n) is 1.99. The van der Waals surface area contributed by atoms with E-state index in [-0.39, 0.29) is 16.0 Å². The molecule has 0 amide bonds. The summed E-state index contributed by atoms with van der Waals surface area (Å²) < 4.78 is 27.3. The Bertz CT molecular complexity index is 661. The monoisotopic (exact) mass is 395 g/mol. The Morgan fingerprint density at radius 2 is 1.83 bits per heavy atom. The molecule has 2 rings (SSSR count). The zero-order chi connectivity index (χ0) is 13.2. The van der Waals surface area contributed by atoms with Gasteiger partial charge in [0.2, 0.25) is 5.28 Å². The van der Waals surface area contributed by atoms with Crippen molar-refractivity contribution in [1.29, 1.82) is 0 Å². The maximum absolute atomic E-state index is 12.0. The number of hydrogen-bond donors (Lipinski definition) is 1. The molecule has 5 nitrogen and oxygen atoms in total. The maximum atomic E-state index is 12.0. The molecule has 0 saturated carbocycles. The smallest absolute Gasteiger partial charge is 0.263 e. The molecule has 0 bridgehead atoms. The highest BCUT2D eigenvalue weighted by atomic mass is 127. The van der Waals surface area contributed by atoms with Crippen molar-refractivity contribution in [2.45, 2.75) is 4.90 Å². The second-order valence-electron chi connectivity index (χ2n) is 3.27. The molecule has 94 valence electrons. The minimum Gasteiger partial charge on any atom is -0.263 e. The molecule has 1 aromatic carbocycles. The van der Waals surface area contributed by atoms with E-state index < -0.39 is 10.0 Å². The first-order valence-electron chi connectivity index (χ1n) is 4.74. The van der Waals surface area contributed by atoms with E-state index in [4.69, 9.17) is 11.6 Å². The maximum Gasteiger partial charge on any atom is 0.263 e. The van der Waals surface area contributed by atoms with Gasteiger partial charge >= 0.3 is 0 Å². The third kappa shape index (κ3) is 3.30. The molecular formula is C10H7ClIN3O2S. The van der Waals surface area contributed by atoms with E-state index in [1.165, 1.54) is 24.4 Å². The van der Waals surface area contributed by atoms with Gasteiger partial charge in [0.25, 0.3) is 10.0 Å². The number of aromatic nitrogens is 2. The van der Waals surface area contributed by atoms with Crippen LogP contribution in [0.25, 0.3) is 0 Å². The average molecular weight is 396 g/mol. The summed E-state index contributed by atoms with van der Waals surface area (Å²) in [4.78, 5) is 7.60. The van der Waals surface area contributed by atoms with Gasteiger partial charge in [0.1, 0.15) is 5.82 Å². The highest BCUT2D eigenvalue weighted by molar-refractivity contribution is 14.1.